The Bertz CT molecular complexity index is 862. The summed E-state index contributed by atoms with van der Waals surface area (Å²) in [6.07, 6.45) is 3.80. The number of hydrogen-bond acceptors (Lipinski definition) is 5. The number of nitrogens with zero attached hydrogens (tertiary/aromatic N) is 4. The minimum Gasteiger partial charge on any atom is -0.365 e. The standard InChI is InChI=1S/C16H18ClFN6/c1-9(19)7-11-13(18)12-14(21-8-10-3-5-20-6-4-10)22-16(17)23-15(12)24(11)2/h3-6,9H,7-8,19H2,1-2H3,(H,21,22,23). The Labute approximate surface area is 143 Å². The molecule has 3 aromatic heterocycles. The summed E-state index contributed by atoms with van der Waals surface area (Å²) < 4.78 is 16.6. The first-order valence-corrected chi connectivity index (χ1v) is 7.93. The molecule has 6 nitrogen and oxygen atoms in total. The molecule has 24 heavy (non-hydrogen) atoms. The van der Waals surface area contributed by atoms with Crippen molar-refractivity contribution in [3.05, 3.63) is 46.9 Å². The molecule has 0 aliphatic heterocycles. The van der Waals surface area contributed by atoms with Gasteiger partial charge in [-0.3, -0.25) is 4.98 Å². The van der Waals surface area contributed by atoms with E-state index in [9.17, 15) is 4.39 Å². The molecule has 0 amide bonds. The highest BCUT2D eigenvalue weighted by Gasteiger charge is 2.21. The third kappa shape index (κ3) is 3.18. The maximum atomic E-state index is 14.9. The molecule has 0 saturated carbocycles. The van der Waals surface area contributed by atoms with Gasteiger partial charge in [0.15, 0.2) is 5.82 Å². The molecule has 0 fully saturated rings. The summed E-state index contributed by atoms with van der Waals surface area (Å²) in [5.41, 5.74) is 7.76. The Balaban J connectivity index is 2.04. The number of nitrogens with one attached hydrogen (secondary N) is 1. The maximum Gasteiger partial charge on any atom is 0.226 e. The maximum absolute atomic E-state index is 14.9. The van der Waals surface area contributed by atoms with Crippen molar-refractivity contribution in [1.82, 2.24) is 19.5 Å². The van der Waals surface area contributed by atoms with E-state index in [-0.39, 0.29) is 17.1 Å². The fourth-order valence-corrected chi connectivity index (χ4v) is 2.80. The van der Waals surface area contributed by atoms with Gasteiger partial charge in [-0.15, -0.1) is 0 Å². The van der Waals surface area contributed by atoms with Gasteiger partial charge in [0.2, 0.25) is 5.28 Å². The average Bonchev–Trinajstić information content (AvgIpc) is 2.78. The van der Waals surface area contributed by atoms with E-state index in [0.717, 1.165) is 5.56 Å². The van der Waals surface area contributed by atoms with Crippen LogP contribution in [0.2, 0.25) is 5.28 Å². The van der Waals surface area contributed by atoms with Crippen molar-refractivity contribution in [2.24, 2.45) is 12.8 Å². The average molecular weight is 349 g/mol. The number of nitrogens with two attached hydrogens (primary N) is 1. The Morgan fingerprint density at radius 3 is 2.71 bits per heavy atom. The summed E-state index contributed by atoms with van der Waals surface area (Å²) in [5.74, 6) is 0.00420. The second-order valence-electron chi connectivity index (χ2n) is 5.75. The topological polar surface area (TPSA) is 81.7 Å². The van der Waals surface area contributed by atoms with E-state index >= 15 is 0 Å². The molecule has 0 aliphatic carbocycles. The largest absolute Gasteiger partial charge is 0.365 e. The molecule has 3 heterocycles. The predicted molar refractivity (Wildman–Crippen MR) is 92.4 cm³/mol. The second kappa shape index (κ2) is 6.70. The lowest BCUT2D eigenvalue weighted by molar-refractivity contribution is 0.586. The Kier molecular flexibility index (Phi) is 4.64. The van der Waals surface area contributed by atoms with E-state index < -0.39 is 0 Å². The number of halogens is 2. The highest BCUT2D eigenvalue weighted by Crippen LogP contribution is 2.30. The number of aromatic nitrogens is 4. The fourth-order valence-electron chi connectivity index (χ4n) is 2.63. The summed E-state index contributed by atoms with van der Waals surface area (Å²) in [7, 11) is 1.75. The van der Waals surface area contributed by atoms with Crippen molar-refractivity contribution in [3.8, 4) is 0 Å². The molecular weight excluding hydrogens is 331 g/mol. The van der Waals surface area contributed by atoms with Crippen LogP contribution in [0.1, 0.15) is 18.2 Å². The lowest BCUT2D eigenvalue weighted by Crippen LogP contribution is -2.20. The molecule has 0 bridgehead atoms. The van der Waals surface area contributed by atoms with Gasteiger partial charge in [0.25, 0.3) is 0 Å². The summed E-state index contributed by atoms with van der Waals surface area (Å²) in [6, 6.07) is 3.57. The molecule has 1 atom stereocenters. The van der Waals surface area contributed by atoms with E-state index in [1.165, 1.54) is 0 Å². The molecule has 0 aromatic carbocycles. The Hall–Kier alpha value is -2.25. The van der Waals surface area contributed by atoms with Gasteiger partial charge in [-0.1, -0.05) is 0 Å². The first kappa shape index (κ1) is 16.6. The van der Waals surface area contributed by atoms with Crippen LogP contribution < -0.4 is 11.1 Å². The number of hydrogen-bond donors (Lipinski definition) is 2. The number of fused-ring (bicyclic) bond motifs is 1. The molecule has 8 heteroatoms. The SMILES string of the molecule is CC(N)Cc1c(F)c2c(NCc3ccncc3)nc(Cl)nc2n1C. The van der Waals surface area contributed by atoms with Crippen LogP contribution in [0.15, 0.2) is 24.5 Å². The molecule has 0 aliphatic rings. The minimum atomic E-state index is -0.362. The minimum absolute atomic E-state index is 0.0627. The predicted octanol–water partition coefficient (Wildman–Crippen LogP) is 2.66. The normalized spacial score (nSPS) is 12.5. The van der Waals surface area contributed by atoms with E-state index in [1.807, 2.05) is 19.1 Å². The van der Waals surface area contributed by atoms with Crippen LogP contribution >= 0.6 is 11.6 Å². The molecule has 0 spiro atoms. The smallest absolute Gasteiger partial charge is 0.226 e. The van der Waals surface area contributed by atoms with Gasteiger partial charge in [0.1, 0.15) is 11.5 Å². The Morgan fingerprint density at radius 1 is 1.33 bits per heavy atom. The lowest BCUT2D eigenvalue weighted by atomic mass is 10.2. The zero-order valence-electron chi connectivity index (χ0n) is 13.4. The molecule has 0 saturated heterocycles. The zero-order valence-corrected chi connectivity index (χ0v) is 14.2. The first-order chi connectivity index (χ1) is 11.5. The summed E-state index contributed by atoms with van der Waals surface area (Å²) in [6.45, 7) is 2.31. The van der Waals surface area contributed by atoms with E-state index in [4.69, 9.17) is 17.3 Å². The fraction of sp³-hybridized carbons (Fsp3) is 0.312. The van der Waals surface area contributed by atoms with E-state index in [0.29, 0.717) is 35.5 Å². The lowest BCUT2D eigenvalue weighted by Gasteiger charge is -2.07. The molecule has 3 N–H and O–H groups in total. The van der Waals surface area contributed by atoms with Crippen LogP contribution in [0.4, 0.5) is 10.2 Å². The number of aryl methyl sites for hydroxylation is 1. The van der Waals surface area contributed by atoms with Crippen LogP contribution in [0.5, 0.6) is 0 Å². The number of anilines is 1. The van der Waals surface area contributed by atoms with Crippen molar-refractivity contribution in [1.29, 1.82) is 0 Å². The van der Waals surface area contributed by atoms with Gasteiger partial charge in [-0.25, -0.2) is 4.39 Å². The van der Waals surface area contributed by atoms with Gasteiger partial charge < -0.3 is 15.6 Å². The molecule has 3 rings (SSSR count). The van der Waals surface area contributed by atoms with Gasteiger partial charge in [0, 0.05) is 38.4 Å². The summed E-state index contributed by atoms with van der Waals surface area (Å²) >= 11 is 6.01. The van der Waals surface area contributed by atoms with Crippen molar-refractivity contribution in [2.75, 3.05) is 5.32 Å². The molecule has 0 radical (unpaired) electrons. The highest BCUT2D eigenvalue weighted by atomic mass is 35.5. The Morgan fingerprint density at radius 2 is 2.04 bits per heavy atom. The molecule has 126 valence electrons. The molecule has 1 unspecified atom stereocenters. The van der Waals surface area contributed by atoms with Crippen molar-refractivity contribution in [2.45, 2.75) is 25.9 Å². The second-order valence-corrected chi connectivity index (χ2v) is 6.09. The first-order valence-electron chi connectivity index (χ1n) is 7.56. The van der Waals surface area contributed by atoms with E-state index in [2.05, 4.69) is 20.3 Å². The third-order valence-electron chi connectivity index (χ3n) is 3.78. The van der Waals surface area contributed by atoms with Crippen molar-refractivity contribution in [3.63, 3.8) is 0 Å². The van der Waals surface area contributed by atoms with Gasteiger partial charge in [0.05, 0.1) is 11.1 Å². The van der Waals surface area contributed by atoms with E-state index in [1.54, 1.807) is 24.0 Å². The molecule has 3 aromatic rings. The molecular formula is C16H18ClFN6. The third-order valence-corrected chi connectivity index (χ3v) is 3.95. The summed E-state index contributed by atoms with van der Waals surface area (Å²) in [4.78, 5) is 12.3. The van der Waals surface area contributed by atoms with Crippen LogP contribution in [-0.2, 0) is 20.0 Å². The van der Waals surface area contributed by atoms with Crippen molar-refractivity contribution < 1.29 is 4.39 Å². The van der Waals surface area contributed by atoms with Crippen LogP contribution in [0.3, 0.4) is 0 Å². The van der Waals surface area contributed by atoms with Crippen molar-refractivity contribution >= 4 is 28.5 Å². The number of rotatable bonds is 5. The quantitative estimate of drug-likeness (QED) is 0.693. The van der Waals surface area contributed by atoms with Crippen LogP contribution in [0.25, 0.3) is 11.0 Å². The number of pyridine rings is 1. The van der Waals surface area contributed by atoms with Gasteiger partial charge >= 0.3 is 0 Å². The van der Waals surface area contributed by atoms with Crippen LogP contribution in [0, 0.1) is 5.82 Å². The van der Waals surface area contributed by atoms with Crippen LogP contribution in [-0.4, -0.2) is 25.6 Å². The summed E-state index contributed by atoms with van der Waals surface area (Å²) in [5, 5.41) is 3.52. The monoisotopic (exact) mass is 348 g/mol. The van der Waals surface area contributed by atoms with Gasteiger partial charge in [-0.05, 0) is 36.2 Å². The zero-order chi connectivity index (χ0) is 17.3. The highest BCUT2D eigenvalue weighted by molar-refractivity contribution is 6.28. The van der Waals surface area contributed by atoms with Gasteiger partial charge in [-0.2, -0.15) is 9.97 Å².